The normalized spacial score (nSPS) is 25.1. The van der Waals surface area contributed by atoms with Crippen molar-refractivity contribution in [1.29, 1.82) is 0 Å². The van der Waals surface area contributed by atoms with E-state index < -0.39 is 0 Å². The minimum absolute atomic E-state index is 0.533. The number of rotatable bonds is 2. The van der Waals surface area contributed by atoms with Gasteiger partial charge in [0.15, 0.2) is 0 Å². The summed E-state index contributed by atoms with van der Waals surface area (Å²) in [5.41, 5.74) is 2.06. The third kappa shape index (κ3) is 1.57. The average molecular weight is 202 g/mol. The first kappa shape index (κ1) is 9.34. The molecule has 2 fully saturated rings. The zero-order valence-electron chi connectivity index (χ0n) is 9.08. The second-order valence-corrected chi connectivity index (χ2v) is 4.92. The lowest BCUT2D eigenvalue weighted by Crippen LogP contribution is -2.34. The fourth-order valence-electron chi connectivity index (χ4n) is 3.13. The molecule has 1 aliphatic heterocycles. The van der Waals surface area contributed by atoms with E-state index in [1.807, 2.05) is 12.4 Å². The molecule has 3 rings (SSSR count). The Hall–Kier alpha value is -0.890. The van der Waals surface area contributed by atoms with Crippen LogP contribution in [-0.2, 0) is 5.41 Å². The molecule has 2 aliphatic rings. The van der Waals surface area contributed by atoms with Crippen molar-refractivity contribution in [3.05, 3.63) is 30.1 Å². The molecule has 80 valence electrons. The average Bonchev–Trinajstić information content (AvgIpc) is 3.13. The van der Waals surface area contributed by atoms with Crippen molar-refractivity contribution in [3.63, 3.8) is 0 Å². The Morgan fingerprint density at radius 3 is 2.40 bits per heavy atom. The van der Waals surface area contributed by atoms with E-state index >= 15 is 0 Å². The van der Waals surface area contributed by atoms with Crippen molar-refractivity contribution in [2.75, 3.05) is 13.1 Å². The van der Waals surface area contributed by atoms with Gasteiger partial charge in [0.05, 0.1) is 0 Å². The summed E-state index contributed by atoms with van der Waals surface area (Å²) in [5.74, 6) is 0.904. The number of hydrogen-bond acceptors (Lipinski definition) is 2. The molecule has 2 heteroatoms. The van der Waals surface area contributed by atoms with E-state index in [1.54, 1.807) is 0 Å². The molecule has 1 aromatic heterocycles. The Morgan fingerprint density at radius 1 is 1.13 bits per heavy atom. The lowest BCUT2D eigenvalue weighted by Gasteiger charge is -2.31. The van der Waals surface area contributed by atoms with Crippen LogP contribution in [0.3, 0.4) is 0 Å². The van der Waals surface area contributed by atoms with Crippen LogP contribution in [0.15, 0.2) is 24.5 Å². The van der Waals surface area contributed by atoms with E-state index in [2.05, 4.69) is 22.4 Å². The Balaban J connectivity index is 1.84. The smallest absolute Gasteiger partial charge is 0.0270 e. The Labute approximate surface area is 91.1 Å². The molecular formula is C13H18N2. The molecule has 1 aliphatic carbocycles. The van der Waals surface area contributed by atoms with Crippen LogP contribution in [-0.4, -0.2) is 18.1 Å². The van der Waals surface area contributed by atoms with Crippen molar-refractivity contribution < 1.29 is 0 Å². The molecule has 0 aromatic carbocycles. The SMILES string of the molecule is c1cc(C2(C3CCNCC3)CC2)ccn1. The number of aromatic nitrogens is 1. The van der Waals surface area contributed by atoms with Crippen LogP contribution in [0, 0.1) is 5.92 Å². The molecule has 0 amide bonds. The van der Waals surface area contributed by atoms with Crippen molar-refractivity contribution >= 4 is 0 Å². The van der Waals surface area contributed by atoms with E-state index in [1.165, 1.54) is 44.3 Å². The Kier molecular flexibility index (Phi) is 2.24. The Bertz CT molecular complexity index is 324. The van der Waals surface area contributed by atoms with Crippen LogP contribution in [0.4, 0.5) is 0 Å². The topological polar surface area (TPSA) is 24.9 Å². The highest BCUT2D eigenvalue weighted by Crippen LogP contribution is 2.56. The van der Waals surface area contributed by atoms with Gasteiger partial charge in [0.2, 0.25) is 0 Å². The third-order valence-corrected chi connectivity index (χ3v) is 4.16. The predicted molar refractivity (Wildman–Crippen MR) is 60.7 cm³/mol. The van der Waals surface area contributed by atoms with Crippen LogP contribution in [0.25, 0.3) is 0 Å². The third-order valence-electron chi connectivity index (χ3n) is 4.16. The van der Waals surface area contributed by atoms with Gasteiger partial charge in [0.25, 0.3) is 0 Å². The van der Waals surface area contributed by atoms with Gasteiger partial charge in [0.1, 0.15) is 0 Å². The summed E-state index contributed by atoms with van der Waals surface area (Å²) >= 11 is 0. The summed E-state index contributed by atoms with van der Waals surface area (Å²) in [6.45, 7) is 2.41. The van der Waals surface area contributed by atoms with E-state index in [0.29, 0.717) is 5.41 Å². The molecular weight excluding hydrogens is 184 g/mol. The fourth-order valence-corrected chi connectivity index (χ4v) is 3.13. The maximum absolute atomic E-state index is 4.12. The van der Waals surface area contributed by atoms with Crippen LogP contribution < -0.4 is 5.32 Å². The maximum Gasteiger partial charge on any atom is 0.0270 e. The molecule has 0 unspecified atom stereocenters. The number of pyridine rings is 1. The minimum atomic E-state index is 0.533. The summed E-state index contributed by atoms with van der Waals surface area (Å²) in [5, 5.41) is 3.45. The van der Waals surface area contributed by atoms with Gasteiger partial charge in [-0.15, -0.1) is 0 Å². The Morgan fingerprint density at radius 2 is 1.80 bits per heavy atom. The molecule has 1 saturated carbocycles. The number of piperidine rings is 1. The summed E-state index contributed by atoms with van der Waals surface area (Å²) < 4.78 is 0. The zero-order chi connectivity index (χ0) is 10.1. The first-order chi connectivity index (χ1) is 7.42. The van der Waals surface area contributed by atoms with Gasteiger partial charge in [-0.05, 0) is 67.8 Å². The van der Waals surface area contributed by atoms with Gasteiger partial charge >= 0.3 is 0 Å². The fraction of sp³-hybridized carbons (Fsp3) is 0.615. The van der Waals surface area contributed by atoms with Crippen LogP contribution >= 0.6 is 0 Å². The van der Waals surface area contributed by atoms with Crippen LogP contribution in [0.1, 0.15) is 31.2 Å². The van der Waals surface area contributed by atoms with Gasteiger partial charge in [-0.1, -0.05) is 0 Å². The molecule has 1 N–H and O–H groups in total. The van der Waals surface area contributed by atoms with E-state index in [9.17, 15) is 0 Å². The summed E-state index contributed by atoms with van der Waals surface area (Å²) in [4.78, 5) is 4.12. The minimum Gasteiger partial charge on any atom is -0.317 e. The van der Waals surface area contributed by atoms with E-state index in [0.717, 1.165) is 5.92 Å². The van der Waals surface area contributed by atoms with E-state index in [-0.39, 0.29) is 0 Å². The molecule has 2 nitrogen and oxygen atoms in total. The second-order valence-electron chi connectivity index (χ2n) is 4.92. The van der Waals surface area contributed by atoms with Crippen molar-refractivity contribution in [3.8, 4) is 0 Å². The molecule has 0 atom stereocenters. The van der Waals surface area contributed by atoms with E-state index in [4.69, 9.17) is 0 Å². The van der Waals surface area contributed by atoms with Gasteiger partial charge in [0, 0.05) is 12.4 Å². The zero-order valence-corrected chi connectivity index (χ0v) is 9.08. The molecule has 0 radical (unpaired) electrons. The molecule has 2 heterocycles. The highest BCUT2D eigenvalue weighted by molar-refractivity contribution is 5.30. The molecule has 15 heavy (non-hydrogen) atoms. The predicted octanol–water partition coefficient (Wildman–Crippen LogP) is 2.11. The maximum atomic E-state index is 4.12. The molecule has 0 spiro atoms. The summed E-state index contributed by atoms with van der Waals surface area (Å²) in [6, 6.07) is 4.43. The quantitative estimate of drug-likeness (QED) is 0.794. The van der Waals surface area contributed by atoms with Crippen LogP contribution in [0.2, 0.25) is 0 Å². The van der Waals surface area contributed by atoms with Crippen molar-refractivity contribution in [1.82, 2.24) is 10.3 Å². The van der Waals surface area contributed by atoms with Crippen molar-refractivity contribution in [2.24, 2.45) is 5.92 Å². The number of nitrogens with zero attached hydrogens (tertiary/aromatic N) is 1. The van der Waals surface area contributed by atoms with Gasteiger partial charge in [-0.3, -0.25) is 4.98 Å². The first-order valence-electron chi connectivity index (χ1n) is 6.03. The highest BCUT2D eigenvalue weighted by atomic mass is 14.9. The second kappa shape index (κ2) is 3.60. The summed E-state index contributed by atoms with van der Waals surface area (Å²) in [7, 11) is 0. The molecule has 1 aromatic rings. The lowest BCUT2D eigenvalue weighted by molar-refractivity contribution is 0.302. The highest BCUT2D eigenvalue weighted by Gasteiger charge is 2.50. The molecule has 1 saturated heterocycles. The summed E-state index contributed by atoms with van der Waals surface area (Å²) in [6.07, 6.45) is 9.36. The molecule has 0 bridgehead atoms. The number of hydrogen-bond donors (Lipinski definition) is 1. The largest absolute Gasteiger partial charge is 0.317 e. The van der Waals surface area contributed by atoms with Crippen LogP contribution in [0.5, 0.6) is 0 Å². The van der Waals surface area contributed by atoms with Crippen molar-refractivity contribution in [2.45, 2.75) is 31.1 Å². The standard InChI is InChI=1S/C13H18N2/c1-7-14-8-2-11(1)13(5-6-13)12-3-9-15-10-4-12/h1-2,7-8,12,15H,3-6,9-10H2. The lowest BCUT2D eigenvalue weighted by atomic mass is 9.78. The van der Waals surface area contributed by atoms with Gasteiger partial charge in [-0.25, -0.2) is 0 Å². The van der Waals surface area contributed by atoms with Gasteiger partial charge in [-0.2, -0.15) is 0 Å². The first-order valence-corrected chi connectivity index (χ1v) is 6.03. The van der Waals surface area contributed by atoms with Gasteiger partial charge < -0.3 is 5.32 Å². The number of nitrogens with one attached hydrogen (secondary N) is 1. The monoisotopic (exact) mass is 202 g/mol.